The van der Waals surface area contributed by atoms with Crippen molar-refractivity contribution in [2.24, 2.45) is 0 Å². The maximum atomic E-state index is 11.8. The van der Waals surface area contributed by atoms with E-state index in [9.17, 15) is 9.59 Å². The normalized spacial score (nSPS) is 11.7. The number of hydrogen-bond acceptors (Lipinski definition) is 5. The second kappa shape index (κ2) is 7.34. The highest BCUT2D eigenvalue weighted by Gasteiger charge is 2.19. The molecule has 0 heterocycles. The molecule has 0 spiro atoms. The average molecular weight is 282 g/mol. The number of carbonyl (C=O) groups is 2. The quantitative estimate of drug-likeness (QED) is 0.531. The van der Waals surface area contributed by atoms with Crippen molar-refractivity contribution in [1.82, 2.24) is 5.32 Å². The van der Waals surface area contributed by atoms with E-state index < -0.39 is 24.5 Å². The van der Waals surface area contributed by atoms with Crippen LogP contribution < -0.4 is 15.8 Å². The molecule has 5 N–H and O–H groups in total. The topological polar surface area (TPSA) is 122 Å². The second-order valence-electron chi connectivity index (χ2n) is 4.15. The van der Waals surface area contributed by atoms with Crippen molar-refractivity contribution >= 4 is 17.6 Å². The first-order valence-corrected chi connectivity index (χ1v) is 6.16. The lowest BCUT2D eigenvalue weighted by Gasteiger charge is -2.13. The van der Waals surface area contributed by atoms with Crippen molar-refractivity contribution in [3.8, 4) is 5.75 Å². The van der Waals surface area contributed by atoms with Gasteiger partial charge >= 0.3 is 5.97 Å². The molecule has 0 saturated carbocycles. The molecule has 0 fully saturated rings. The summed E-state index contributed by atoms with van der Waals surface area (Å²) in [7, 11) is 0. The predicted octanol–water partition coefficient (Wildman–Crippen LogP) is 0.233. The van der Waals surface area contributed by atoms with E-state index in [-0.39, 0.29) is 5.56 Å². The summed E-state index contributed by atoms with van der Waals surface area (Å²) < 4.78 is 5.37. The summed E-state index contributed by atoms with van der Waals surface area (Å²) in [5, 5.41) is 19.8. The Balaban J connectivity index is 2.79. The van der Waals surface area contributed by atoms with Gasteiger partial charge in [-0.05, 0) is 24.6 Å². The number of nitrogens with one attached hydrogen (secondary N) is 1. The van der Waals surface area contributed by atoms with Crippen LogP contribution in [0.3, 0.4) is 0 Å². The average Bonchev–Trinajstić information content (AvgIpc) is 2.42. The third-order valence-electron chi connectivity index (χ3n) is 2.52. The minimum absolute atomic E-state index is 0.200. The van der Waals surface area contributed by atoms with Gasteiger partial charge in [0.05, 0.1) is 18.9 Å². The van der Waals surface area contributed by atoms with Crippen LogP contribution in [0.2, 0.25) is 0 Å². The van der Waals surface area contributed by atoms with Crippen LogP contribution in [0.1, 0.15) is 23.7 Å². The summed E-state index contributed by atoms with van der Waals surface area (Å²) in [5.41, 5.74) is 6.25. The van der Waals surface area contributed by atoms with Crippen molar-refractivity contribution in [3.63, 3.8) is 0 Å². The number of carboxylic acid groups (broad SMARTS) is 1. The monoisotopic (exact) mass is 282 g/mol. The highest BCUT2D eigenvalue weighted by Crippen LogP contribution is 2.22. The lowest BCUT2D eigenvalue weighted by atomic mass is 10.1. The van der Waals surface area contributed by atoms with Crippen LogP contribution in [-0.4, -0.2) is 41.3 Å². The fraction of sp³-hybridized carbons (Fsp3) is 0.385. The van der Waals surface area contributed by atoms with E-state index >= 15 is 0 Å². The molecule has 0 aromatic heterocycles. The van der Waals surface area contributed by atoms with Gasteiger partial charge < -0.3 is 26.0 Å². The van der Waals surface area contributed by atoms with Crippen molar-refractivity contribution < 1.29 is 24.5 Å². The minimum Gasteiger partial charge on any atom is -0.491 e. The Hall–Kier alpha value is -2.28. The summed E-state index contributed by atoms with van der Waals surface area (Å²) in [4.78, 5) is 22.5. The maximum absolute atomic E-state index is 11.8. The van der Waals surface area contributed by atoms with Crippen LogP contribution in [0.25, 0.3) is 0 Å². The third kappa shape index (κ3) is 4.13. The molecule has 20 heavy (non-hydrogen) atoms. The van der Waals surface area contributed by atoms with Gasteiger partial charge in [-0.1, -0.05) is 6.92 Å². The number of carboxylic acids is 1. The summed E-state index contributed by atoms with van der Waals surface area (Å²) >= 11 is 0. The van der Waals surface area contributed by atoms with Gasteiger partial charge in [-0.3, -0.25) is 4.79 Å². The van der Waals surface area contributed by atoms with Crippen molar-refractivity contribution in [2.75, 3.05) is 18.9 Å². The van der Waals surface area contributed by atoms with E-state index in [2.05, 4.69) is 5.32 Å². The van der Waals surface area contributed by atoms with E-state index in [0.29, 0.717) is 18.0 Å². The summed E-state index contributed by atoms with van der Waals surface area (Å²) in [6.45, 7) is 1.79. The Labute approximate surface area is 116 Å². The number of rotatable bonds is 7. The molecule has 1 atom stereocenters. The Bertz CT molecular complexity index is 490. The van der Waals surface area contributed by atoms with E-state index in [4.69, 9.17) is 20.7 Å². The Morgan fingerprint density at radius 2 is 2.15 bits per heavy atom. The van der Waals surface area contributed by atoms with Crippen LogP contribution in [0.15, 0.2) is 18.2 Å². The SMILES string of the molecule is CCCOc1ccc(C(=O)NC(CO)C(=O)O)cc1N. The van der Waals surface area contributed by atoms with Gasteiger partial charge in [0, 0.05) is 5.56 Å². The van der Waals surface area contributed by atoms with Gasteiger partial charge in [-0.15, -0.1) is 0 Å². The molecular formula is C13H18N2O5. The van der Waals surface area contributed by atoms with Crippen LogP contribution in [-0.2, 0) is 4.79 Å². The largest absolute Gasteiger partial charge is 0.491 e. The first-order chi connectivity index (χ1) is 9.49. The number of nitrogen functional groups attached to an aromatic ring is 1. The molecule has 1 rings (SSSR count). The molecular weight excluding hydrogens is 264 g/mol. The number of aliphatic hydroxyl groups is 1. The Kier molecular flexibility index (Phi) is 5.79. The number of amides is 1. The van der Waals surface area contributed by atoms with Gasteiger partial charge in [0.1, 0.15) is 5.75 Å². The smallest absolute Gasteiger partial charge is 0.328 e. The molecule has 7 nitrogen and oxygen atoms in total. The second-order valence-corrected chi connectivity index (χ2v) is 4.15. The van der Waals surface area contributed by atoms with Crippen LogP contribution in [0.4, 0.5) is 5.69 Å². The van der Waals surface area contributed by atoms with E-state index in [1.165, 1.54) is 12.1 Å². The molecule has 0 aliphatic heterocycles. The number of aliphatic hydroxyl groups excluding tert-OH is 1. The molecule has 0 aliphatic carbocycles. The number of ether oxygens (including phenoxy) is 1. The summed E-state index contributed by atoms with van der Waals surface area (Å²) in [6, 6.07) is 3.08. The molecule has 0 radical (unpaired) electrons. The summed E-state index contributed by atoms with van der Waals surface area (Å²) in [6.07, 6.45) is 0.832. The standard InChI is InChI=1S/C13H18N2O5/c1-2-5-20-11-4-3-8(6-9(11)14)12(17)15-10(7-16)13(18)19/h3-4,6,10,16H,2,5,7,14H2,1H3,(H,15,17)(H,18,19). The fourth-order valence-corrected chi connectivity index (χ4v) is 1.46. The van der Waals surface area contributed by atoms with Gasteiger partial charge in [0.15, 0.2) is 6.04 Å². The molecule has 1 amide bonds. The van der Waals surface area contributed by atoms with Crippen LogP contribution in [0, 0.1) is 0 Å². The minimum atomic E-state index is -1.35. The van der Waals surface area contributed by atoms with Crippen molar-refractivity contribution in [1.29, 1.82) is 0 Å². The van der Waals surface area contributed by atoms with Gasteiger partial charge in [-0.25, -0.2) is 4.79 Å². The lowest BCUT2D eigenvalue weighted by molar-refractivity contribution is -0.140. The van der Waals surface area contributed by atoms with Gasteiger partial charge in [0.25, 0.3) is 5.91 Å². The highest BCUT2D eigenvalue weighted by atomic mass is 16.5. The first kappa shape index (κ1) is 15.8. The molecule has 1 aromatic rings. The molecule has 1 aromatic carbocycles. The van der Waals surface area contributed by atoms with E-state index in [1.54, 1.807) is 6.07 Å². The summed E-state index contributed by atoms with van der Waals surface area (Å²) in [5.74, 6) is -1.46. The van der Waals surface area contributed by atoms with Crippen molar-refractivity contribution in [2.45, 2.75) is 19.4 Å². The molecule has 0 saturated heterocycles. The third-order valence-corrected chi connectivity index (χ3v) is 2.52. The zero-order chi connectivity index (χ0) is 15.1. The molecule has 0 bridgehead atoms. The van der Waals surface area contributed by atoms with Crippen molar-refractivity contribution in [3.05, 3.63) is 23.8 Å². The number of nitrogens with two attached hydrogens (primary N) is 1. The Morgan fingerprint density at radius 1 is 1.45 bits per heavy atom. The highest BCUT2D eigenvalue weighted by molar-refractivity contribution is 5.97. The van der Waals surface area contributed by atoms with Crippen LogP contribution in [0.5, 0.6) is 5.75 Å². The number of aliphatic carboxylic acids is 1. The lowest BCUT2D eigenvalue weighted by Crippen LogP contribution is -2.43. The number of hydrogen-bond donors (Lipinski definition) is 4. The molecule has 110 valence electrons. The number of anilines is 1. The number of carbonyl (C=O) groups excluding carboxylic acids is 1. The Morgan fingerprint density at radius 3 is 2.65 bits per heavy atom. The van der Waals surface area contributed by atoms with Gasteiger partial charge in [0.2, 0.25) is 0 Å². The molecule has 0 aliphatic rings. The number of benzene rings is 1. The fourth-order valence-electron chi connectivity index (χ4n) is 1.46. The molecule has 7 heteroatoms. The zero-order valence-electron chi connectivity index (χ0n) is 11.1. The van der Waals surface area contributed by atoms with Crippen LogP contribution >= 0.6 is 0 Å². The predicted molar refractivity (Wildman–Crippen MR) is 72.6 cm³/mol. The van der Waals surface area contributed by atoms with Gasteiger partial charge in [-0.2, -0.15) is 0 Å². The maximum Gasteiger partial charge on any atom is 0.328 e. The molecule has 1 unspecified atom stereocenters. The zero-order valence-corrected chi connectivity index (χ0v) is 11.1. The van der Waals surface area contributed by atoms with E-state index in [1.807, 2.05) is 6.92 Å². The first-order valence-electron chi connectivity index (χ1n) is 6.16. The van der Waals surface area contributed by atoms with E-state index in [0.717, 1.165) is 6.42 Å².